The van der Waals surface area contributed by atoms with E-state index >= 15 is 0 Å². The lowest BCUT2D eigenvalue weighted by Gasteiger charge is -2.16. The Morgan fingerprint density at radius 2 is 2.14 bits per heavy atom. The first-order valence-corrected chi connectivity index (χ1v) is 7.92. The number of sulfonamides is 1. The molecule has 0 atom stereocenters. The molecule has 2 aromatic rings. The summed E-state index contributed by atoms with van der Waals surface area (Å²) in [6, 6.07) is 4.68. The van der Waals surface area contributed by atoms with Crippen molar-refractivity contribution >= 4 is 27.2 Å². The predicted molar refractivity (Wildman–Crippen MR) is 82.2 cm³/mol. The van der Waals surface area contributed by atoms with Gasteiger partial charge in [0.05, 0.1) is 12.0 Å². The molecule has 0 aliphatic heterocycles. The summed E-state index contributed by atoms with van der Waals surface area (Å²) in [5, 5.41) is 0. The molecule has 21 heavy (non-hydrogen) atoms. The van der Waals surface area contributed by atoms with Crippen molar-refractivity contribution in [2.24, 2.45) is 5.73 Å². The van der Waals surface area contributed by atoms with Crippen molar-refractivity contribution in [3.63, 3.8) is 0 Å². The molecule has 0 amide bonds. The first-order valence-electron chi connectivity index (χ1n) is 6.07. The van der Waals surface area contributed by atoms with E-state index in [1.54, 1.807) is 13.0 Å². The molecule has 2 N–H and O–H groups in total. The molecule has 0 saturated heterocycles. The molecule has 0 aliphatic rings. The lowest BCUT2D eigenvalue weighted by atomic mass is 10.3. The van der Waals surface area contributed by atoms with Crippen LogP contribution in [0.1, 0.15) is 17.0 Å². The number of rotatable bonds is 5. The van der Waals surface area contributed by atoms with E-state index in [-0.39, 0.29) is 16.4 Å². The summed E-state index contributed by atoms with van der Waals surface area (Å²) in [6.45, 7) is 2.01. The molecule has 0 fully saturated rings. The van der Waals surface area contributed by atoms with Crippen LogP contribution in [0.5, 0.6) is 0 Å². The predicted octanol–water partition coefficient (Wildman–Crippen LogP) is 1.44. The van der Waals surface area contributed by atoms with Crippen LogP contribution < -0.4 is 5.73 Å². The minimum absolute atomic E-state index is 0.0890. The van der Waals surface area contributed by atoms with E-state index in [0.717, 1.165) is 5.56 Å². The highest BCUT2D eigenvalue weighted by molar-refractivity contribution is 7.89. The Morgan fingerprint density at radius 3 is 2.62 bits per heavy atom. The van der Waals surface area contributed by atoms with Crippen molar-refractivity contribution in [2.75, 3.05) is 7.05 Å². The van der Waals surface area contributed by atoms with Gasteiger partial charge in [-0.25, -0.2) is 8.42 Å². The molecule has 0 unspecified atom stereocenters. The minimum Gasteiger partial charge on any atom is -0.469 e. The maximum atomic E-state index is 12.4. The molecule has 8 heteroatoms. The van der Waals surface area contributed by atoms with Gasteiger partial charge < -0.3 is 10.2 Å². The lowest BCUT2D eigenvalue weighted by Crippen LogP contribution is -2.27. The van der Waals surface area contributed by atoms with Crippen molar-refractivity contribution < 1.29 is 12.8 Å². The third-order valence-electron chi connectivity index (χ3n) is 3.06. The molecule has 2 aromatic heterocycles. The van der Waals surface area contributed by atoms with E-state index in [2.05, 4.69) is 4.98 Å². The molecule has 0 aromatic carbocycles. The van der Waals surface area contributed by atoms with Gasteiger partial charge in [-0.05, 0) is 25.1 Å². The van der Waals surface area contributed by atoms with Crippen molar-refractivity contribution in [1.82, 2.24) is 9.29 Å². The van der Waals surface area contributed by atoms with Crippen LogP contribution in [-0.4, -0.2) is 29.7 Å². The number of nitrogens with two attached hydrogens (primary N) is 1. The summed E-state index contributed by atoms with van der Waals surface area (Å²) in [5.74, 6) is 0.694. The van der Waals surface area contributed by atoms with Crippen LogP contribution >= 0.6 is 12.2 Å². The molecular formula is C13H15N3O3S2. The third kappa shape index (κ3) is 3.29. The van der Waals surface area contributed by atoms with Gasteiger partial charge in [0, 0.05) is 25.4 Å². The van der Waals surface area contributed by atoms with Gasteiger partial charge in [0.25, 0.3) is 0 Å². The molecule has 0 bridgehead atoms. The van der Waals surface area contributed by atoms with Crippen LogP contribution in [-0.2, 0) is 16.6 Å². The van der Waals surface area contributed by atoms with Gasteiger partial charge in [-0.15, -0.1) is 0 Å². The molecular weight excluding hydrogens is 310 g/mol. The quantitative estimate of drug-likeness (QED) is 0.837. The van der Waals surface area contributed by atoms with E-state index in [0.29, 0.717) is 11.5 Å². The Morgan fingerprint density at radius 1 is 1.43 bits per heavy atom. The normalized spacial score (nSPS) is 11.8. The molecule has 0 saturated carbocycles. The van der Waals surface area contributed by atoms with Gasteiger partial charge in [-0.3, -0.25) is 4.98 Å². The first-order chi connectivity index (χ1) is 9.82. The minimum atomic E-state index is -3.63. The molecule has 2 rings (SSSR count). The van der Waals surface area contributed by atoms with Crippen LogP contribution in [0.25, 0.3) is 0 Å². The number of hydrogen-bond acceptors (Lipinski definition) is 5. The Labute approximate surface area is 128 Å². The summed E-state index contributed by atoms with van der Waals surface area (Å²) in [7, 11) is -2.13. The Balaban J connectivity index is 2.24. The highest BCUT2D eigenvalue weighted by Gasteiger charge is 2.22. The van der Waals surface area contributed by atoms with E-state index in [1.807, 2.05) is 0 Å². The number of thiocarbonyl (C=S) groups is 1. The van der Waals surface area contributed by atoms with Crippen LogP contribution in [0.3, 0.4) is 0 Å². The molecule has 0 radical (unpaired) electrons. The smallest absolute Gasteiger partial charge is 0.244 e. The van der Waals surface area contributed by atoms with E-state index in [1.165, 1.54) is 35.9 Å². The number of furan rings is 1. The van der Waals surface area contributed by atoms with Crippen molar-refractivity contribution in [2.45, 2.75) is 18.4 Å². The number of aryl methyl sites for hydroxylation is 1. The zero-order chi connectivity index (χ0) is 15.6. The van der Waals surface area contributed by atoms with Crippen molar-refractivity contribution in [3.05, 3.63) is 47.7 Å². The van der Waals surface area contributed by atoms with E-state index in [4.69, 9.17) is 22.4 Å². The van der Waals surface area contributed by atoms with Gasteiger partial charge in [0.2, 0.25) is 10.0 Å². The molecule has 0 aliphatic carbocycles. The number of hydrogen-bond donors (Lipinski definition) is 1. The van der Waals surface area contributed by atoms with Crippen LogP contribution in [0.4, 0.5) is 0 Å². The second-order valence-corrected chi connectivity index (χ2v) is 6.99. The van der Waals surface area contributed by atoms with E-state index < -0.39 is 10.0 Å². The highest BCUT2D eigenvalue weighted by Crippen LogP contribution is 2.18. The Bertz CT molecular complexity index is 751. The molecule has 2 heterocycles. The zero-order valence-corrected chi connectivity index (χ0v) is 13.2. The average Bonchev–Trinajstić information content (AvgIpc) is 2.84. The van der Waals surface area contributed by atoms with Crippen molar-refractivity contribution in [1.29, 1.82) is 0 Å². The van der Waals surface area contributed by atoms with Crippen molar-refractivity contribution in [3.8, 4) is 0 Å². The monoisotopic (exact) mass is 325 g/mol. The fourth-order valence-corrected chi connectivity index (χ4v) is 2.97. The summed E-state index contributed by atoms with van der Waals surface area (Å²) in [4.78, 5) is 4.17. The van der Waals surface area contributed by atoms with Gasteiger partial charge in [0.15, 0.2) is 0 Å². The topological polar surface area (TPSA) is 89.4 Å². The fraction of sp³-hybridized carbons (Fsp3) is 0.231. The lowest BCUT2D eigenvalue weighted by molar-refractivity contribution is 0.458. The summed E-state index contributed by atoms with van der Waals surface area (Å²) in [5.41, 5.74) is 6.64. The fourth-order valence-electron chi connectivity index (χ4n) is 1.76. The average molecular weight is 325 g/mol. The SMILES string of the molecule is Cc1occc1CN(C)S(=O)(=O)c1ccc(C(N)=S)nc1. The van der Waals surface area contributed by atoms with Crippen LogP contribution in [0, 0.1) is 6.92 Å². The third-order valence-corrected chi connectivity index (χ3v) is 5.05. The molecule has 6 nitrogen and oxygen atoms in total. The Kier molecular flexibility index (Phi) is 4.40. The van der Waals surface area contributed by atoms with Gasteiger partial charge >= 0.3 is 0 Å². The first kappa shape index (κ1) is 15.6. The second-order valence-electron chi connectivity index (χ2n) is 4.51. The zero-order valence-electron chi connectivity index (χ0n) is 11.6. The number of nitrogens with zero attached hydrogens (tertiary/aromatic N) is 2. The number of aromatic nitrogens is 1. The standard InChI is InChI=1S/C13H15N3O3S2/c1-9-10(5-6-19-9)8-16(2)21(17,18)11-3-4-12(13(14)20)15-7-11/h3-7H,8H2,1-2H3,(H2,14,20). The van der Waals surface area contributed by atoms with Gasteiger partial charge in [-0.2, -0.15) is 4.31 Å². The number of pyridine rings is 1. The maximum Gasteiger partial charge on any atom is 0.244 e. The maximum absolute atomic E-state index is 12.4. The van der Waals surface area contributed by atoms with Gasteiger partial charge in [0.1, 0.15) is 15.6 Å². The largest absolute Gasteiger partial charge is 0.469 e. The van der Waals surface area contributed by atoms with Crippen LogP contribution in [0.15, 0.2) is 40.0 Å². The molecule has 112 valence electrons. The van der Waals surface area contributed by atoms with Gasteiger partial charge in [-0.1, -0.05) is 12.2 Å². The van der Waals surface area contributed by atoms with E-state index in [9.17, 15) is 8.42 Å². The highest BCUT2D eigenvalue weighted by atomic mass is 32.2. The summed E-state index contributed by atoms with van der Waals surface area (Å²) in [6.07, 6.45) is 2.78. The Hall–Kier alpha value is -1.77. The van der Waals surface area contributed by atoms with Crippen LogP contribution in [0.2, 0.25) is 0 Å². The second kappa shape index (κ2) is 5.92. The molecule has 0 spiro atoms. The summed E-state index contributed by atoms with van der Waals surface area (Å²) < 4.78 is 31.3. The summed E-state index contributed by atoms with van der Waals surface area (Å²) >= 11 is 4.79.